The van der Waals surface area contributed by atoms with Crippen LogP contribution in [0.1, 0.15) is 35.4 Å². The van der Waals surface area contributed by atoms with Gasteiger partial charge in [0.05, 0.1) is 10.6 Å². The molecule has 0 saturated heterocycles. The molecule has 0 radical (unpaired) electrons. The van der Waals surface area contributed by atoms with Crippen LogP contribution in [-0.4, -0.2) is 24.8 Å². The molecule has 0 fully saturated rings. The molecule has 2 aromatic rings. The number of amidine groups is 1. The van der Waals surface area contributed by atoms with Gasteiger partial charge in [-0.25, -0.2) is 4.99 Å². The van der Waals surface area contributed by atoms with E-state index in [1.165, 1.54) is 5.56 Å². The number of nitrogens with zero attached hydrogens (tertiary/aromatic N) is 1. The quantitative estimate of drug-likeness (QED) is 0.577. The molecule has 24 heavy (non-hydrogen) atoms. The smallest absolute Gasteiger partial charge is 0.221 e. The lowest BCUT2D eigenvalue weighted by molar-refractivity contribution is -0.121. The fraction of sp³-hybridized carbons (Fsp3) is 0.333. The summed E-state index contributed by atoms with van der Waals surface area (Å²) in [7, 11) is 0. The van der Waals surface area contributed by atoms with Crippen LogP contribution in [0.25, 0.3) is 0 Å². The average molecular weight is 342 g/mol. The van der Waals surface area contributed by atoms with Crippen LogP contribution in [0.5, 0.6) is 0 Å². The Morgan fingerprint density at radius 1 is 1.46 bits per heavy atom. The molecule has 0 spiro atoms. The number of rotatable bonds is 5. The molecule has 1 unspecified atom stereocenters. The van der Waals surface area contributed by atoms with Crippen molar-refractivity contribution in [1.29, 1.82) is 0 Å². The van der Waals surface area contributed by atoms with Gasteiger partial charge in [0.25, 0.3) is 0 Å². The first kappa shape index (κ1) is 16.7. The van der Waals surface area contributed by atoms with Crippen LogP contribution in [0.3, 0.4) is 0 Å². The molecule has 6 heteroatoms. The van der Waals surface area contributed by atoms with Gasteiger partial charge in [-0.15, -0.1) is 11.3 Å². The molecule has 1 aromatic heterocycles. The first-order valence-corrected chi connectivity index (χ1v) is 9.06. The van der Waals surface area contributed by atoms with E-state index in [-0.39, 0.29) is 11.9 Å². The third kappa shape index (κ3) is 3.83. The minimum Gasteiger partial charge on any atom is -0.383 e. The van der Waals surface area contributed by atoms with E-state index in [9.17, 15) is 4.79 Å². The van der Waals surface area contributed by atoms with Crippen LogP contribution in [0.4, 0.5) is 5.69 Å². The van der Waals surface area contributed by atoms with E-state index in [0.29, 0.717) is 18.8 Å². The van der Waals surface area contributed by atoms with E-state index in [1.54, 1.807) is 11.3 Å². The van der Waals surface area contributed by atoms with Gasteiger partial charge >= 0.3 is 0 Å². The Balaban J connectivity index is 1.85. The van der Waals surface area contributed by atoms with E-state index in [4.69, 9.17) is 5.73 Å². The summed E-state index contributed by atoms with van der Waals surface area (Å²) in [5, 5.41) is 8.28. The lowest BCUT2D eigenvalue weighted by atomic mass is 9.92. The molecule has 5 nitrogen and oxygen atoms in total. The van der Waals surface area contributed by atoms with Gasteiger partial charge in [0.15, 0.2) is 0 Å². The zero-order chi connectivity index (χ0) is 16.9. The number of amides is 1. The summed E-state index contributed by atoms with van der Waals surface area (Å²) in [6.45, 7) is 3.47. The van der Waals surface area contributed by atoms with Gasteiger partial charge in [0.1, 0.15) is 5.84 Å². The number of carbonyl (C=O) groups excluding carboxylic acids is 1. The van der Waals surface area contributed by atoms with Gasteiger partial charge in [-0.3, -0.25) is 4.79 Å². The Labute approximate surface area is 146 Å². The maximum atomic E-state index is 11.9. The van der Waals surface area contributed by atoms with Gasteiger partial charge in [-0.05, 0) is 54.6 Å². The van der Waals surface area contributed by atoms with Crippen LogP contribution >= 0.6 is 11.3 Å². The summed E-state index contributed by atoms with van der Waals surface area (Å²) in [4.78, 5) is 17.4. The number of carbonyl (C=O) groups is 1. The Bertz CT molecular complexity index is 739. The van der Waals surface area contributed by atoms with Crippen molar-refractivity contribution in [3.63, 3.8) is 0 Å². The second-order valence-corrected chi connectivity index (χ2v) is 6.72. The predicted octanol–water partition coefficient (Wildman–Crippen LogP) is 2.50. The monoisotopic (exact) mass is 342 g/mol. The highest BCUT2D eigenvalue weighted by Crippen LogP contribution is 2.29. The van der Waals surface area contributed by atoms with Gasteiger partial charge in [-0.1, -0.05) is 12.1 Å². The summed E-state index contributed by atoms with van der Waals surface area (Å²) in [5.41, 5.74) is 9.33. The summed E-state index contributed by atoms with van der Waals surface area (Å²) < 4.78 is 0. The maximum Gasteiger partial charge on any atom is 0.221 e. The zero-order valence-electron chi connectivity index (χ0n) is 13.7. The molecule has 1 aliphatic heterocycles. The third-order valence-electron chi connectivity index (χ3n) is 4.08. The number of fused-ring (bicyclic) bond motifs is 1. The van der Waals surface area contributed by atoms with Crippen LogP contribution in [-0.2, 0) is 11.2 Å². The van der Waals surface area contributed by atoms with Crippen LogP contribution in [0.15, 0.2) is 40.7 Å². The second kappa shape index (κ2) is 7.59. The Hall–Kier alpha value is -2.18. The van der Waals surface area contributed by atoms with Crippen molar-refractivity contribution in [2.24, 2.45) is 10.7 Å². The van der Waals surface area contributed by atoms with Crippen LogP contribution in [0.2, 0.25) is 0 Å². The van der Waals surface area contributed by atoms with Crippen molar-refractivity contribution >= 4 is 28.8 Å². The molecular weight excluding hydrogens is 320 g/mol. The highest BCUT2D eigenvalue weighted by atomic mass is 32.1. The van der Waals surface area contributed by atoms with E-state index in [1.807, 2.05) is 36.6 Å². The van der Waals surface area contributed by atoms with E-state index in [2.05, 4.69) is 21.7 Å². The van der Waals surface area contributed by atoms with Gasteiger partial charge < -0.3 is 16.4 Å². The first-order chi connectivity index (χ1) is 11.7. The van der Waals surface area contributed by atoms with Crippen molar-refractivity contribution in [3.05, 3.63) is 51.7 Å². The Morgan fingerprint density at radius 2 is 2.33 bits per heavy atom. The second-order valence-electron chi connectivity index (χ2n) is 5.77. The molecule has 2 heterocycles. The topological polar surface area (TPSA) is 79.5 Å². The van der Waals surface area contributed by atoms with Gasteiger partial charge in [-0.2, -0.15) is 0 Å². The number of thiophene rings is 1. The minimum atomic E-state index is 0.0263. The molecule has 0 bridgehead atoms. The van der Waals surface area contributed by atoms with Crippen LogP contribution in [0, 0.1) is 0 Å². The molecule has 1 amide bonds. The Morgan fingerprint density at radius 3 is 3.08 bits per heavy atom. The van der Waals surface area contributed by atoms with Crippen molar-refractivity contribution in [2.75, 3.05) is 13.1 Å². The molecule has 1 aromatic carbocycles. The van der Waals surface area contributed by atoms with Crippen LogP contribution < -0.4 is 16.4 Å². The number of nitrogens with one attached hydrogen (secondary N) is 2. The average Bonchev–Trinajstić information content (AvgIpc) is 3.10. The minimum absolute atomic E-state index is 0.0263. The third-order valence-corrected chi connectivity index (χ3v) is 4.97. The van der Waals surface area contributed by atoms with Crippen molar-refractivity contribution in [3.8, 4) is 0 Å². The zero-order valence-corrected chi connectivity index (χ0v) is 14.5. The number of hydrogen-bond donors (Lipinski definition) is 3. The summed E-state index contributed by atoms with van der Waals surface area (Å²) >= 11 is 1.57. The van der Waals surface area contributed by atoms with Gasteiger partial charge in [0, 0.05) is 19.0 Å². The lowest BCUT2D eigenvalue weighted by Crippen LogP contribution is -2.34. The normalized spacial score (nSPS) is 17.4. The van der Waals surface area contributed by atoms with Crippen molar-refractivity contribution < 1.29 is 4.79 Å². The van der Waals surface area contributed by atoms with Crippen molar-refractivity contribution in [2.45, 2.75) is 25.8 Å². The van der Waals surface area contributed by atoms with E-state index < -0.39 is 0 Å². The SMILES string of the molecule is CCNC(=O)CC1NCCc2ccc(N=C(N)c3cccs3)cc21. The molecule has 1 atom stereocenters. The molecule has 0 aliphatic carbocycles. The highest BCUT2D eigenvalue weighted by Gasteiger charge is 2.22. The van der Waals surface area contributed by atoms with Gasteiger partial charge in [0.2, 0.25) is 5.91 Å². The largest absolute Gasteiger partial charge is 0.383 e. The summed E-state index contributed by atoms with van der Waals surface area (Å²) in [6, 6.07) is 10.1. The molecular formula is C18H22N4OS. The summed E-state index contributed by atoms with van der Waals surface area (Å²) in [6.07, 6.45) is 1.40. The van der Waals surface area contributed by atoms with E-state index >= 15 is 0 Å². The Kier molecular flexibility index (Phi) is 5.27. The molecule has 126 valence electrons. The number of aliphatic imine (C=N–C) groups is 1. The highest BCUT2D eigenvalue weighted by molar-refractivity contribution is 7.12. The predicted molar refractivity (Wildman–Crippen MR) is 98.9 cm³/mol. The number of hydrogen-bond acceptors (Lipinski definition) is 4. The standard InChI is InChI=1S/C18H22N4OS/c1-2-20-17(23)11-15-14-10-13(6-5-12(14)7-8-21-15)22-18(19)16-4-3-9-24-16/h3-6,9-10,15,21H,2,7-8,11H2,1H3,(H2,19,22)(H,20,23). The first-order valence-electron chi connectivity index (χ1n) is 8.18. The van der Waals surface area contributed by atoms with E-state index in [0.717, 1.165) is 29.1 Å². The number of benzene rings is 1. The molecule has 4 N–H and O–H groups in total. The number of nitrogens with two attached hydrogens (primary N) is 1. The fourth-order valence-corrected chi connectivity index (χ4v) is 3.58. The fourth-order valence-electron chi connectivity index (χ4n) is 2.95. The maximum absolute atomic E-state index is 11.9. The molecule has 3 rings (SSSR count). The van der Waals surface area contributed by atoms with Crippen molar-refractivity contribution in [1.82, 2.24) is 10.6 Å². The lowest BCUT2D eigenvalue weighted by Gasteiger charge is -2.27. The summed E-state index contributed by atoms with van der Waals surface area (Å²) in [5.74, 6) is 0.587. The molecule has 0 saturated carbocycles. The molecule has 1 aliphatic rings.